The summed E-state index contributed by atoms with van der Waals surface area (Å²) in [5.41, 5.74) is 0.500. The number of halogens is 3. The highest BCUT2D eigenvalue weighted by molar-refractivity contribution is 7.88. The van der Waals surface area contributed by atoms with E-state index in [4.69, 9.17) is 0 Å². The van der Waals surface area contributed by atoms with Gasteiger partial charge >= 0.3 is 6.18 Å². The second kappa shape index (κ2) is 5.73. The summed E-state index contributed by atoms with van der Waals surface area (Å²) in [6.07, 6.45) is -3.37. The fourth-order valence-electron chi connectivity index (χ4n) is 1.77. The number of rotatable bonds is 4. The molecule has 0 saturated carbocycles. The Hall–Kier alpha value is -1.87. The maximum atomic E-state index is 12.5. The third kappa shape index (κ3) is 3.86. The Balaban J connectivity index is 2.17. The molecule has 1 heterocycles. The van der Waals surface area contributed by atoms with Crippen molar-refractivity contribution in [2.75, 3.05) is 13.3 Å². The minimum Gasteiger partial charge on any atom is -0.273 e. The molecule has 0 saturated heterocycles. The number of sulfonamides is 1. The molecular formula is C13H14F3N3O2S. The maximum Gasteiger partial charge on any atom is 0.432 e. The lowest BCUT2D eigenvalue weighted by molar-refractivity contribution is -0.141. The Morgan fingerprint density at radius 3 is 2.27 bits per heavy atom. The molecule has 9 heteroatoms. The van der Waals surface area contributed by atoms with Crippen LogP contribution in [0.1, 0.15) is 11.3 Å². The summed E-state index contributed by atoms with van der Waals surface area (Å²) < 4.78 is 61.3. The number of H-pyrrole nitrogens is 1. The molecule has 0 aliphatic rings. The second-order valence-corrected chi connectivity index (χ2v) is 6.97. The lowest BCUT2D eigenvalue weighted by Crippen LogP contribution is -2.24. The van der Waals surface area contributed by atoms with Crippen molar-refractivity contribution >= 4 is 10.0 Å². The zero-order chi connectivity index (χ0) is 16.5. The number of nitrogens with one attached hydrogen (secondary N) is 1. The molecule has 22 heavy (non-hydrogen) atoms. The average molecular weight is 333 g/mol. The summed E-state index contributed by atoms with van der Waals surface area (Å²) in [6, 6.07) is 7.43. The summed E-state index contributed by atoms with van der Waals surface area (Å²) in [5, 5.41) is 5.58. The first-order valence-corrected chi connectivity index (χ1v) is 8.05. The number of alkyl halides is 3. The highest BCUT2D eigenvalue weighted by atomic mass is 32.2. The van der Waals surface area contributed by atoms with E-state index < -0.39 is 21.9 Å². The molecule has 1 aromatic carbocycles. The van der Waals surface area contributed by atoms with Gasteiger partial charge in [-0.15, -0.1) is 0 Å². The number of benzene rings is 1. The topological polar surface area (TPSA) is 66.1 Å². The molecule has 0 aliphatic carbocycles. The standard InChI is InChI=1S/C13H14F3N3O2S/c1-19(22(2,20)21)8-9-3-5-10(6-4-9)11-7-12(18-17-11)13(14,15)16/h3-7H,8H2,1-2H3,(H,17,18). The van der Waals surface area contributed by atoms with Crippen molar-refractivity contribution in [3.63, 3.8) is 0 Å². The van der Waals surface area contributed by atoms with Crippen molar-refractivity contribution in [1.29, 1.82) is 0 Å². The van der Waals surface area contributed by atoms with Crippen LogP contribution < -0.4 is 0 Å². The van der Waals surface area contributed by atoms with Gasteiger partial charge in [0.1, 0.15) is 5.69 Å². The lowest BCUT2D eigenvalue weighted by atomic mass is 10.1. The number of hydrogen-bond acceptors (Lipinski definition) is 3. The zero-order valence-electron chi connectivity index (χ0n) is 11.8. The van der Waals surface area contributed by atoms with Crippen LogP contribution in [-0.4, -0.2) is 36.2 Å². The smallest absolute Gasteiger partial charge is 0.273 e. The number of nitrogens with zero attached hydrogens (tertiary/aromatic N) is 2. The Kier molecular flexibility index (Phi) is 4.30. The summed E-state index contributed by atoms with van der Waals surface area (Å²) in [5.74, 6) is 0. The molecule has 0 amide bonds. The molecule has 0 fully saturated rings. The third-order valence-corrected chi connectivity index (χ3v) is 4.37. The highest BCUT2D eigenvalue weighted by Gasteiger charge is 2.33. The number of aromatic nitrogens is 2. The first kappa shape index (κ1) is 16.5. The second-order valence-electron chi connectivity index (χ2n) is 4.88. The fraction of sp³-hybridized carbons (Fsp3) is 0.308. The van der Waals surface area contributed by atoms with E-state index in [0.29, 0.717) is 5.56 Å². The maximum absolute atomic E-state index is 12.5. The normalized spacial score (nSPS) is 12.8. The van der Waals surface area contributed by atoms with Crippen LogP contribution in [0.4, 0.5) is 13.2 Å². The van der Waals surface area contributed by atoms with Crippen LogP contribution in [0.5, 0.6) is 0 Å². The summed E-state index contributed by atoms with van der Waals surface area (Å²) in [4.78, 5) is 0. The molecule has 0 spiro atoms. The monoisotopic (exact) mass is 333 g/mol. The number of aromatic amines is 1. The SMILES string of the molecule is CN(Cc1ccc(-c2cc(C(F)(F)F)[nH]n2)cc1)S(C)(=O)=O. The van der Waals surface area contributed by atoms with Crippen LogP contribution in [0.3, 0.4) is 0 Å². The Morgan fingerprint density at radius 1 is 1.23 bits per heavy atom. The van der Waals surface area contributed by atoms with E-state index in [9.17, 15) is 21.6 Å². The molecule has 1 aromatic heterocycles. The van der Waals surface area contributed by atoms with Crippen LogP contribution in [0.15, 0.2) is 30.3 Å². The first-order valence-electron chi connectivity index (χ1n) is 6.20. The molecule has 0 atom stereocenters. The van der Waals surface area contributed by atoms with E-state index in [1.807, 2.05) is 5.10 Å². The van der Waals surface area contributed by atoms with E-state index in [1.54, 1.807) is 24.3 Å². The lowest BCUT2D eigenvalue weighted by Gasteiger charge is -2.13. The van der Waals surface area contributed by atoms with Crippen LogP contribution in [0.2, 0.25) is 0 Å². The van der Waals surface area contributed by atoms with Crippen molar-refractivity contribution in [2.45, 2.75) is 12.7 Å². The van der Waals surface area contributed by atoms with E-state index in [1.165, 1.54) is 11.4 Å². The van der Waals surface area contributed by atoms with Gasteiger partial charge in [0.05, 0.1) is 11.9 Å². The van der Waals surface area contributed by atoms with E-state index in [-0.39, 0.29) is 12.2 Å². The molecule has 2 rings (SSSR count). The third-order valence-electron chi connectivity index (χ3n) is 3.10. The van der Waals surface area contributed by atoms with E-state index in [2.05, 4.69) is 5.10 Å². The van der Waals surface area contributed by atoms with Crippen LogP contribution in [-0.2, 0) is 22.7 Å². The van der Waals surface area contributed by atoms with Gasteiger partial charge in [0.25, 0.3) is 0 Å². The van der Waals surface area contributed by atoms with Gasteiger partial charge in [0.2, 0.25) is 10.0 Å². The molecular weight excluding hydrogens is 319 g/mol. The van der Waals surface area contributed by atoms with Crippen LogP contribution in [0, 0.1) is 0 Å². The molecule has 0 aliphatic heterocycles. The van der Waals surface area contributed by atoms with Crippen molar-refractivity contribution in [3.8, 4) is 11.3 Å². The van der Waals surface area contributed by atoms with E-state index >= 15 is 0 Å². The van der Waals surface area contributed by atoms with Crippen molar-refractivity contribution in [3.05, 3.63) is 41.6 Å². The molecule has 0 unspecified atom stereocenters. The summed E-state index contributed by atoms with van der Waals surface area (Å²) in [7, 11) is -1.83. The van der Waals surface area contributed by atoms with Gasteiger partial charge in [-0.2, -0.15) is 18.3 Å². The van der Waals surface area contributed by atoms with Crippen molar-refractivity contribution in [2.24, 2.45) is 0 Å². The van der Waals surface area contributed by atoms with Crippen LogP contribution in [0.25, 0.3) is 11.3 Å². The van der Waals surface area contributed by atoms with Gasteiger partial charge in [0.15, 0.2) is 0 Å². The Bertz CT molecular complexity index is 752. The van der Waals surface area contributed by atoms with E-state index in [0.717, 1.165) is 17.9 Å². The van der Waals surface area contributed by atoms with Gasteiger partial charge in [-0.25, -0.2) is 12.7 Å². The molecule has 5 nitrogen and oxygen atoms in total. The minimum atomic E-state index is -4.47. The first-order chi connectivity index (χ1) is 10.1. The molecule has 2 aromatic rings. The summed E-state index contributed by atoms with van der Waals surface area (Å²) in [6.45, 7) is 0.188. The Labute approximate surface area is 125 Å². The quantitative estimate of drug-likeness (QED) is 0.935. The van der Waals surface area contributed by atoms with Gasteiger partial charge < -0.3 is 0 Å². The predicted molar refractivity (Wildman–Crippen MR) is 75.3 cm³/mol. The van der Waals surface area contributed by atoms with Crippen LogP contribution >= 0.6 is 0 Å². The molecule has 120 valence electrons. The minimum absolute atomic E-state index is 0.176. The zero-order valence-corrected chi connectivity index (χ0v) is 12.7. The van der Waals surface area contributed by atoms with Crippen molar-refractivity contribution < 1.29 is 21.6 Å². The van der Waals surface area contributed by atoms with Gasteiger partial charge in [-0.3, -0.25) is 5.10 Å². The van der Waals surface area contributed by atoms with Gasteiger partial charge in [-0.1, -0.05) is 24.3 Å². The van der Waals surface area contributed by atoms with Gasteiger partial charge in [-0.05, 0) is 11.6 Å². The molecule has 0 radical (unpaired) electrons. The highest BCUT2D eigenvalue weighted by Crippen LogP contribution is 2.30. The predicted octanol–water partition coefficient (Wildman–Crippen LogP) is 2.49. The number of hydrogen-bond donors (Lipinski definition) is 1. The molecule has 1 N–H and O–H groups in total. The van der Waals surface area contributed by atoms with Gasteiger partial charge in [0, 0.05) is 19.2 Å². The fourth-order valence-corrected chi connectivity index (χ4v) is 2.15. The summed E-state index contributed by atoms with van der Waals surface area (Å²) >= 11 is 0. The molecule has 0 bridgehead atoms. The van der Waals surface area contributed by atoms with Crippen molar-refractivity contribution in [1.82, 2.24) is 14.5 Å². The Morgan fingerprint density at radius 2 is 1.82 bits per heavy atom. The average Bonchev–Trinajstić information content (AvgIpc) is 2.88. The largest absolute Gasteiger partial charge is 0.432 e.